The maximum Gasteiger partial charge on any atom is 0.416 e. The predicted octanol–water partition coefficient (Wildman–Crippen LogP) is 2.85. The number of halogens is 6. The predicted molar refractivity (Wildman–Crippen MR) is 151 cm³/mol. The van der Waals surface area contributed by atoms with E-state index in [1.165, 1.54) is 4.90 Å². The summed E-state index contributed by atoms with van der Waals surface area (Å²) in [6, 6.07) is 1.45. The third-order valence-electron chi connectivity index (χ3n) is 6.35. The summed E-state index contributed by atoms with van der Waals surface area (Å²) in [6.07, 6.45) is 1.03. The lowest BCUT2D eigenvalue weighted by Gasteiger charge is -2.30. The van der Waals surface area contributed by atoms with Crippen LogP contribution in [0.4, 0.5) is 31.1 Å². The number of carbonyl (C=O) groups is 2. The molecule has 5 rings (SSSR count). The fourth-order valence-corrected chi connectivity index (χ4v) is 3.48. The number of nitrogens with one attached hydrogen (secondary N) is 2. The van der Waals surface area contributed by atoms with Crippen LogP contribution in [0.25, 0.3) is 5.65 Å². The van der Waals surface area contributed by atoms with Gasteiger partial charge in [-0.3, -0.25) is 4.79 Å². The molecule has 21 heteroatoms. The van der Waals surface area contributed by atoms with Crippen molar-refractivity contribution in [2.24, 2.45) is 0 Å². The van der Waals surface area contributed by atoms with Crippen LogP contribution in [0.3, 0.4) is 0 Å². The Labute approximate surface area is 262 Å². The number of amides is 3. The van der Waals surface area contributed by atoms with Crippen LogP contribution in [-0.4, -0.2) is 109 Å². The fourth-order valence-electron chi connectivity index (χ4n) is 3.48. The van der Waals surface area contributed by atoms with Crippen molar-refractivity contribution in [2.45, 2.75) is 69.5 Å². The Morgan fingerprint density at radius 2 is 1.80 bits per heavy atom. The monoisotopic (exact) mass is 660 g/mol. The lowest BCUT2D eigenvalue weighted by molar-refractivity contribution is -0.255. The van der Waals surface area contributed by atoms with Crippen LogP contribution >= 0.6 is 0 Å². The molecule has 0 aromatic carbocycles. The van der Waals surface area contributed by atoms with E-state index in [9.17, 15) is 35.9 Å². The highest BCUT2D eigenvalue weighted by atomic mass is 19.4. The molecule has 1 aliphatic heterocycles. The molecule has 0 atom stereocenters. The second-order valence-electron chi connectivity index (χ2n) is 10.5. The number of urea groups is 1. The molecule has 1 saturated carbocycles. The fraction of sp³-hybridized carbons (Fsp3) is 0.600. The standard InChI is InChI=1S/C17H16B2N8O3.C5H9F3O.C2H6O.CHF3/c18-17(19)8-21-16(29)26(17)6-9-3-12-23-11(7-27(12)22-4-9)5-20-15(28)14-13(10-1-2-10)24-30-25-14;1-4(2,9-3)5(6,7)8;1-3-2;2-1(3)4/h3-4,7,10H,1-2,5-6,8H2,(H,20,28)(H,21,29);1-3H3;1-2H3;1H. The van der Waals surface area contributed by atoms with Gasteiger partial charge in [0.05, 0.1) is 40.3 Å². The minimum atomic E-state index is -4.28. The maximum atomic E-state index is 12.4. The SMILES string of the molecule is COC.COC(C)(C)C(F)(F)F.FC(F)F.[B]C1([B])CNC(=O)N1Cc1cnn2cc(CNC(=O)c3nonc3C3CC3)nc2c1. The van der Waals surface area contributed by atoms with Crippen molar-refractivity contribution in [3.8, 4) is 0 Å². The van der Waals surface area contributed by atoms with Crippen LogP contribution in [-0.2, 0) is 22.6 Å². The van der Waals surface area contributed by atoms with Gasteiger partial charge in [-0.2, -0.15) is 31.4 Å². The number of rotatable bonds is 7. The number of ether oxygens (including phenoxy) is 2. The molecule has 2 aliphatic rings. The lowest BCUT2D eigenvalue weighted by Crippen LogP contribution is -2.47. The summed E-state index contributed by atoms with van der Waals surface area (Å²) in [4.78, 5) is 30.1. The van der Waals surface area contributed by atoms with Crippen molar-refractivity contribution in [1.29, 1.82) is 0 Å². The summed E-state index contributed by atoms with van der Waals surface area (Å²) >= 11 is 0. The molecule has 4 radical (unpaired) electrons. The van der Waals surface area contributed by atoms with E-state index >= 15 is 0 Å². The molecule has 0 bridgehead atoms. The van der Waals surface area contributed by atoms with Gasteiger partial charge in [-0.25, -0.2) is 18.9 Å². The van der Waals surface area contributed by atoms with Crippen molar-refractivity contribution >= 4 is 33.3 Å². The van der Waals surface area contributed by atoms with Crippen LogP contribution < -0.4 is 10.6 Å². The van der Waals surface area contributed by atoms with Crippen LogP contribution in [0.2, 0.25) is 0 Å². The minimum Gasteiger partial charge on any atom is -0.388 e. The van der Waals surface area contributed by atoms with Crippen LogP contribution in [0.1, 0.15) is 60.0 Å². The summed E-state index contributed by atoms with van der Waals surface area (Å²) in [5.74, 6) is -0.0978. The Morgan fingerprint density at radius 1 is 1.20 bits per heavy atom. The van der Waals surface area contributed by atoms with Gasteiger partial charge in [0.15, 0.2) is 16.9 Å². The Balaban J connectivity index is 0.000000385. The first-order valence-corrected chi connectivity index (χ1v) is 13.4. The van der Waals surface area contributed by atoms with Gasteiger partial charge in [-0.15, -0.1) is 0 Å². The molecule has 4 heterocycles. The quantitative estimate of drug-likeness (QED) is 0.288. The average Bonchev–Trinajstić information content (AvgIpc) is 3.43. The van der Waals surface area contributed by atoms with Crippen LogP contribution in [0.5, 0.6) is 0 Å². The number of hydrogen-bond acceptors (Lipinski definition) is 9. The number of carbonyl (C=O) groups excluding carboxylic acids is 2. The Bertz CT molecular complexity index is 1430. The van der Waals surface area contributed by atoms with Crippen molar-refractivity contribution in [1.82, 2.24) is 40.4 Å². The largest absolute Gasteiger partial charge is 0.416 e. The zero-order valence-electron chi connectivity index (χ0n) is 25.6. The molecule has 3 amide bonds. The highest BCUT2D eigenvalue weighted by Crippen LogP contribution is 2.40. The molecule has 3 aromatic heterocycles. The summed E-state index contributed by atoms with van der Waals surface area (Å²) in [5.41, 5.74) is 0.714. The summed E-state index contributed by atoms with van der Waals surface area (Å²) in [6.45, 7) is -1.15. The number of nitrogens with zero attached hydrogens (tertiary/aromatic N) is 6. The van der Waals surface area contributed by atoms with Gasteiger partial charge in [0.25, 0.3) is 5.91 Å². The number of hydrogen-bond donors (Lipinski definition) is 2. The van der Waals surface area contributed by atoms with Crippen LogP contribution in [0.15, 0.2) is 23.1 Å². The maximum absolute atomic E-state index is 12.4. The highest BCUT2D eigenvalue weighted by Gasteiger charge is 2.47. The normalized spacial score (nSPS) is 15.7. The number of methoxy groups -OCH3 is 2. The van der Waals surface area contributed by atoms with E-state index in [4.69, 9.17) is 20.3 Å². The second kappa shape index (κ2) is 16.1. The third kappa shape index (κ3) is 10.9. The molecule has 2 N–H and O–H groups in total. The molecular formula is C25H32B2F6N8O5. The summed E-state index contributed by atoms with van der Waals surface area (Å²) in [7, 11) is 16.2. The second-order valence-corrected chi connectivity index (χ2v) is 10.5. The molecule has 0 unspecified atom stereocenters. The van der Waals surface area contributed by atoms with E-state index < -0.39 is 23.8 Å². The smallest absolute Gasteiger partial charge is 0.388 e. The summed E-state index contributed by atoms with van der Waals surface area (Å²) in [5, 5.41) is 16.0. The van der Waals surface area contributed by atoms with E-state index in [2.05, 4.69) is 40.5 Å². The number of imidazole rings is 1. The first kappa shape index (κ1) is 38.3. The first-order valence-electron chi connectivity index (χ1n) is 13.4. The molecule has 13 nitrogen and oxygen atoms in total. The lowest BCUT2D eigenvalue weighted by atomic mass is 9.61. The zero-order valence-corrected chi connectivity index (χ0v) is 25.6. The summed E-state index contributed by atoms with van der Waals surface area (Å²) < 4.78 is 78.9. The number of alkyl halides is 6. The van der Waals surface area contributed by atoms with E-state index in [1.807, 2.05) is 0 Å². The Hall–Kier alpha value is -3.87. The van der Waals surface area contributed by atoms with E-state index in [0.717, 1.165) is 39.4 Å². The van der Waals surface area contributed by atoms with Gasteiger partial charge in [-0.1, -0.05) is 5.16 Å². The van der Waals surface area contributed by atoms with Gasteiger partial charge < -0.3 is 25.0 Å². The Morgan fingerprint density at radius 3 is 2.28 bits per heavy atom. The van der Waals surface area contributed by atoms with Crippen molar-refractivity contribution < 1.29 is 50.0 Å². The topological polar surface area (TPSA) is 149 Å². The first-order chi connectivity index (χ1) is 21.4. The van der Waals surface area contributed by atoms with Crippen molar-refractivity contribution in [3.05, 3.63) is 41.1 Å². The van der Waals surface area contributed by atoms with Gasteiger partial charge in [-0.05, 0) is 48.8 Å². The average molecular weight is 660 g/mol. The molecule has 3 aromatic rings. The zero-order chi connectivity index (χ0) is 34.9. The minimum absolute atomic E-state index is 0.165. The van der Waals surface area contributed by atoms with Gasteiger partial charge in [0.1, 0.15) is 5.69 Å². The van der Waals surface area contributed by atoms with Gasteiger partial charge in [0, 0.05) is 40.3 Å². The third-order valence-corrected chi connectivity index (χ3v) is 6.35. The van der Waals surface area contributed by atoms with Crippen LogP contribution in [0, 0.1) is 0 Å². The van der Waals surface area contributed by atoms with Crippen molar-refractivity contribution in [2.75, 3.05) is 27.9 Å². The highest BCUT2D eigenvalue weighted by molar-refractivity contribution is 6.41. The molecule has 46 heavy (non-hydrogen) atoms. The number of fused-ring (bicyclic) bond motifs is 1. The molecule has 1 aliphatic carbocycles. The molecule has 0 spiro atoms. The molecular weight excluding hydrogens is 628 g/mol. The molecule has 1 saturated heterocycles. The van der Waals surface area contributed by atoms with E-state index in [-0.39, 0.29) is 43.2 Å². The van der Waals surface area contributed by atoms with Gasteiger partial charge >= 0.3 is 18.9 Å². The van der Waals surface area contributed by atoms with Gasteiger partial charge in [0.2, 0.25) is 0 Å². The number of aromatic nitrogens is 5. The Kier molecular flexibility index (Phi) is 13.4. The van der Waals surface area contributed by atoms with E-state index in [0.29, 0.717) is 17.0 Å². The van der Waals surface area contributed by atoms with E-state index in [1.54, 1.807) is 37.2 Å². The molecule has 2 fully saturated rings. The molecule has 250 valence electrons. The van der Waals surface area contributed by atoms with Crippen molar-refractivity contribution in [3.63, 3.8) is 0 Å².